The number of aryl methyl sites for hydroxylation is 1. The number of methoxy groups -OCH3 is 1. The van der Waals surface area contributed by atoms with Gasteiger partial charge < -0.3 is 9.47 Å². The normalized spacial score (nSPS) is 22.1. The van der Waals surface area contributed by atoms with Crippen molar-refractivity contribution in [2.24, 2.45) is 5.41 Å². The van der Waals surface area contributed by atoms with Crippen LogP contribution < -0.4 is 4.74 Å². The Morgan fingerprint density at radius 2 is 1.92 bits per heavy atom. The number of cyclic esters (lactones) is 1. The third kappa shape index (κ3) is 5.36. The second kappa shape index (κ2) is 9.66. The summed E-state index contributed by atoms with van der Waals surface area (Å²) in [6.45, 7) is 8.14. The molecular formula is C28H31ClF3NO3. The average Bonchev–Trinajstić information content (AvgIpc) is 3.06. The highest BCUT2D eigenvalue weighted by Gasteiger charge is 2.42. The fourth-order valence-corrected chi connectivity index (χ4v) is 5.48. The van der Waals surface area contributed by atoms with Gasteiger partial charge in [-0.15, -0.1) is 0 Å². The van der Waals surface area contributed by atoms with Crippen LogP contribution in [0.5, 0.6) is 5.75 Å². The molecule has 194 valence electrons. The maximum Gasteiger partial charge on any atom is 0.416 e. The van der Waals surface area contributed by atoms with E-state index in [0.29, 0.717) is 28.4 Å². The predicted molar refractivity (Wildman–Crippen MR) is 134 cm³/mol. The summed E-state index contributed by atoms with van der Waals surface area (Å²) in [7, 11) is 1.61. The van der Waals surface area contributed by atoms with Crippen LogP contribution in [0, 0.1) is 12.3 Å². The predicted octanol–water partition coefficient (Wildman–Crippen LogP) is 8.22. The first kappa shape index (κ1) is 26.4. The van der Waals surface area contributed by atoms with Crippen molar-refractivity contribution in [1.29, 1.82) is 0 Å². The number of allylic oxidation sites excluding steroid dienone is 1. The summed E-state index contributed by atoms with van der Waals surface area (Å²) in [5.41, 5.74) is 3.18. The molecule has 4 nitrogen and oxygen atoms in total. The topological polar surface area (TPSA) is 38.8 Å². The number of ether oxygens (including phenoxy) is 2. The third-order valence-corrected chi connectivity index (χ3v) is 7.40. The fraction of sp³-hybridized carbons (Fsp3) is 0.464. The van der Waals surface area contributed by atoms with Crippen molar-refractivity contribution < 1.29 is 27.4 Å². The van der Waals surface area contributed by atoms with Crippen LogP contribution in [0.3, 0.4) is 0 Å². The SMILES string of the molecule is COc1ccc(Cl)cc1C1=C(CN2C(=O)O[C@H](c3cc(C)cc(C(F)(F)F)c3)[C@@H]2C)CC(C)(C)CC1. The van der Waals surface area contributed by atoms with Crippen molar-refractivity contribution >= 4 is 23.3 Å². The minimum atomic E-state index is -4.48. The Balaban J connectivity index is 1.70. The molecule has 2 aliphatic rings. The van der Waals surface area contributed by atoms with E-state index in [2.05, 4.69) is 13.8 Å². The van der Waals surface area contributed by atoms with Gasteiger partial charge in [0.1, 0.15) is 11.9 Å². The molecule has 36 heavy (non-hydrogen) atoms. The molecule has 1 fully saturated rings. The van der Waals surface area contributed by atoms with E-state index in [1.165, 1.54) is 0 Å². The minimum absolute atomic E-state index is 0.0368. The van der Waals surface area contributed by atoms with E-state index >= 15 is 0 Å². The average molecular weight is 522 g/mol. The van der Waals surface area contributed by atoms with Crippen LogP contribution in [0.25, 0.3) is 5.57 Å². The number of benzene rings is 2. The molecule has 0 aromatic heterocycles. The number of hydrogen-bond acceptors (Lipinski definition) is 3. The molecule has 2 aromatic rings. The highest BCUT2D eigenvalue weighted by molar-refractivity contribution is 6.30. The van der Waals surface area contributed by atoms with Crippen LogP contribution in [0.2, 0.25) is 5.02 Å². The summed E-state index contributed by atoms with van der Waals surface area (Å²) >= 11 is 6.32. The van der Waals surface area contributed by atoms with Crippen molar-refractivity contribution in [1.82, 2.24) is 4.90 Å². The number of rotatable bonds is 5. The molecule has 0 unspecified atom stereocenters. The van der Waals surface area contributed by atoms with Crippen LogP contribution in [-0.2, 0) is 10.9 Å². The largest absolute Gasteiger partial charge is 0.496 e. The summed E-state index contributed by atoms with van der Waals surface area (Å²) in [5.74, 6) is 0.709. The van der Waals surface area contributed by atoms with E-state index in [4.69, 9.17) is 21.1 Å². The van der Waals surface area contributed by atoms with Crippen LogP contribution in [0.4, 0.5) is 18.0 Å². The Kier molecular flexibility index (Phi) is 7.08. The molecule has 1 heterocycles. The van der Waals surface area contributed by atoms with Gasteiger partial charge in [0.2, 0.25) is 0 Å². The first-order valence-electron chi connectivity index (χ1n) is 12.0. The maximum atomic E-state index is 13.4. The first-order chi connectivity index (χ1) is 16.8. The standard InChI is InChI=1S/C28H31ClF3NO3/c1-16-10-18(12-20(11-16)28(30,31)32)25-17(2)33(26(34)36-25)15-19-14-27(3,4)9-8-22(19)23-13-21(29)6-7-24(23)35-5/h6-7,10-13,17,25H,8-9,14-15H2,1-5H3/t17-,25-/m0/s1. The van der Waals surface area contributed by atoms with Crippen molar-refractivity contribution in [2.75, 3.05) is 13.7 Å². The van der Waals surface area contributed by atoms with Crippen LogP contribution in [0.15, 0.2) is 42.0 Å². The molecule has 2 atom stereocenters. The molecule has 1 aliphatic carbocycles. The van der Waals surface area contributed by atoms with Gasteiger partial charge in [-0.25, -0.2) is 4.79 Å². The van der Waals surface area contributed by atoms with Gasteiger partial charge in [-0.05, 0) is 85.6 Å². The lowest BCUT2D eigenvalue weighted by Crippen LogP contribution is -2.35. The maximum absolute atomic E-state index is 13.4. The summed E-state index contributed by atoms with van der Waals surface area (Å²) in [4.78, 5) is 14.6. The van der Waals surface area contributed by atoms with E-state index in [1.807, 2.05) is 19.1 Å². The van der Waals surface area contributed by atoms with Gasteiger partial charge >= 0.3 is 12.3 Å². The molecule has 4 rings (SSSR count). The Labute approximate surface area is 215 Å². The Morgan fingerprint density at radius 1 is 1.19 bits per heavy atom. The summed E-state index contributed by atoms with van der Waals surface area (Å²) in [6, 6.07) is 8.88. The molecule has 0 saturated carbocycles. The lowest BCUT2D eigenvalue weighted by Gasteiger charge is -2.35. The Bertz CT molecular complexity index is 1210. The van der Waals surface area contributed by atoms with Gasteiger partial charge in [0.25, 0.3) is 0 Å². The van der Waals surface area contributed by atoms with E-state index in [0.717, 1.165) is 48.1 Å². The van der Waals surface area contributed by atoms with Crippen LogP contribution in [-0.4, -0.2) is 30.7 Å². The number of carbonyl (C=O) groups excluding carboxylic acids is 1. The molecular weight excluding hydrogens is 491 g/mol. The van der Waals surface area contributed by atoms with E-state index in [1.54, 1.807) is 31.1 Å². The monoisotopic (exact) mass is 521 g/mol. The molecule has 1 amide bonds. The van der Waals surface area contributed by atoms with Crippen LogP contribution >= 0.6 is 11.6 Å². The second-order valence-electron chi connectivity index (χ2n) is 10.6. The molecule has 1 saturated heterocycles. The fourth-order valence-electron chi connectivity index (χ4n) is 5.31. The van der Waals surface area contributed by atoms with Gasteiger partial charge in [0.05, 0.1) is 18.7 Å². The lowest BCUT2D eigenvalue weighted by atomic mass is 9.72. The quantitative estimate of drug-likeness (QED) is 0.398. The van der Waals surface area contributed by atoms with Crippen molar-refractivity contribution in [3.63, 3.8) is 0 Å². The summed E-state index contributed by atoms with van der Waals surface area (Å²) in [6.07, 6.45) is -3.27. The van der Waals surface area contributed by atoms with Crippen molar-refractivity contribution in [3.8, 4) is 5.75 Å². The Morgan fingerprint density at radius 3 is 2.58 bits per heavy atom. The molecule has 2 aromatic carbocycles. The zero-order valence-electron chi connectivity index (χ0n) is 21.1. The molecule has 0 N–H and O–H groups in total. The van der Waals surface area contributed by atoms with Crippen molar-refractivity contribution in [3.05, 3.63) is 69.2 Å². The number of nitrogens with zero attached hydrogens (tertiary/aromatic N) is 1. The zero-order chi connectivity index (χ0) is 26.4. The molecule has 0 bridgehead atoms. The number of hydrogen-bond donors (Lipinski definition) is 0. The molecule has 1 aliphatic heterocycles. The third-order valence-electron chi connectivity index (χ3n) is 7.17. The molecule has 0 spiro atoms. The highest BCUT2D eigenvalue weighted by Crippen LogP contribution is 2.46. The number of amides is 1. The van der Waals surface area contributed by atoms with Crippen molar-refractivity contribution in [2.45, 2.75) is 65.3 Å². The number of carbonyl (C=O) groups is 1. The molecule has 0 radical (unpaired) electrons. The highest BCUT2D eigenvalue weighted by atomic mass is 35.5. The number of alkyl halides is 3. The Hall–Kier alpha value is -2.67. The minimum Gasteiger partial charge on any atom is -0.496 e. The summed E-state index contributed by atoms with van der Waals surface area (Å²) in [5, 5.41) is 0.594. The zero-order valence-corrected chi connectivity index (χ0v) is 21.9. The van der Waals surface area contributed by atoms with E-state index in [9.17, 15) is 18.0 Å². The van der Waals surface area contributed by atoms with Gasteiger partial charge in [-0.3, -0.25) is 4.90 Å². The van der Waals surface area contributed by atoms with E-state index < -0.39 is 30.0 Å². The van der Waals surface area contributed by atoms with E-state index in [-0.39, 0.29) is 5.41 Å². The van der Waals surface area contributed by atoms with Gasteiger partial charge in [-0.1, -0.05) is 37.1 Å². The second-order valence-corrected chi connectivity index (χ2v) is 11.0. The van der Waals surface area contributed by atoms with Gasteiger partial charge in [0, 0.05) is 17.1 Å². The smallest absolute Gasteiger partial charge is 0.416 e. The first-order valence-corrected chi connectivity index (χ1v) is 12.4. The molecule has 8 heteroatoms. The number of halogens is 4. The van der Waals surface area contributed by atoms with Crippen LogP contribution in [0.1, 0.15) is 68.4 Å². The van der Waals surface area contributed by atoms with Gasteiger partial charge in [0.15, 0.2) is 0 Å². The van der Waals surface area contributed by atoms with Gasteiger partial charge in [-0.2, -0.15) is 13.2 Å². The summed E-state index contributed by atoms with van der Waals surface area (Å²) < 4.78 is 51.5. The lowest BCUT2D eigenvalue weighted by molar-refractivity contribution is -0.137.